The molecule has 0 bridgehead atoms. The van der Waals surface area contributed by atoms with Crippen molar-refractivity contribution in [3.05, 3.63) is 23.8 Å². The second-order valence-electron chi connectivity index (χ2n) is 3.21. The van der Waals surface area contributed by atoms with Crippen molar-refractivity contribution in [2.45, 2.75) is 6.10 Å². The number of aromatic carboxylic acids is 1. The molecule has 0 aliphatic rings. The molecule has 16 heavy (non-hydrogen) atoms. The summed E-state index contributed by atoms with van der Waals surface area (Å²) >= 11 is 0. The highest BCUT2D eigenvalue weighted by Crippen LogP contribution is 2.21. The standard InChI is InChI=1S/C10H13NO5/c11-6-1-2-9(8(3-6)10(14)15)16-5-7(13)4-12/h1-3,7,12-13H,4-5,11H2,(H,14,15). The summed E-state index contributed by atoms with van der Waals surface area (Å²) in [4.78, 5) is 10.8. The molecule has 0 spiro atoms. The minimum atomic E-state index is -1.17. The monoisotopic (exact) mass is 227 g/mol. The van der Waals surface area contributed by atoms with Crippen LogP contribution in [-0.2, 0) is 0 Å². The molecular weight excluding hydrogens is 214 g/mol. The van der Waals surface area contributed by atoms with Gasteiger partial charge in [0.25, 0.3) is 0 Å². The van der Waals surface area contributed by atoms with Gasteiger partial charge in [-0.3, -0.25) is 0 Å². The van der Waals surface area contributed by atoms with Crippen LogP contribution in [0.25, 0.3) is 0 Å². The zero-order chi connectivity index (χ0) is 12.1. The van der Waals surface area contributed by atoms with Gasteiger partial charge in [-0.2, -0.15) is 0 Å². The number of rotatable bonds is 5. The van der Waals surface area contributed by atoms with Gasteiger partial charge in [-0.05, 0) is 18.2 Å². The minimum Gasteiger partial charge on any atom is -0.490 e. The molecule has 0 heterocycles. The van der Waals surface area contributed by atoms with Gasteiger partial charge in [-0.15, -0.1) is 0 Å². The fourth-order valence-electron chi connectivity index (χ4n) is 1.08. The number of carbonyl (C=O) groups is 1. The minimum absolute atomic E-state index is 0.0786. The molecule has 0 aromatic heterocycles. The van der Waals surface area contributed by atoms with Gasteiger partial charge in [0.2, 0.25) is 0 Å². The first kappa shape index (κ1) is 12.3. The normalized spacial score (nSPS) is 12.1. The topological polar surface area (TPSA) is 113 Å². The zero-order valence-electron chi connectivity index (χ0n) is 8.46. The van der Waals surface area contributed by atoms with E-state index in [1.54, 1.807) is 0 Å². The van der Waals surface area contributed by atoms with Gasteiger partial charge in [-0.25, -0.2) is 4.79 Å². The predicted molar refractivity (Wildman–Crippen MR) is 56.4 cm³/mol. The first-order chi connectivity index (χ1) is 7.54. The van der Waals surface area contributed by atoms with Crippen molar-refractivity contribution in [3.8, 4) is 5.75 Å². The largest absolute Gasteiger partial charge is 0.490 e. The molecule has 0 saturated carbocycles. The van der Waals surface area contributed by atoms with Crippen LogP contribution in [0.1, 0.15) is 10.4 Å². The van der Waals surface area contributed by atoms with Crippen molar-refractivity contribution in [1.82, 2.24) is 0 Å². The van der Waals surface area contributed by atoms with Crippen molar-refractivity contribution in [2.24, 2.45) is 0 Å². The van der Waals surface area contributed by atoms with E-state index in [2.05, 4.69) is 0 Å². The molecule has 0 amide bonds. The lowest BCUT2D eigenvalue weighted by Crippen LogP contribution is -2.22. The highest BCUT2D eigenvalue weighted by molar-refractivity contribution is 5.92. The Labute approximate surface area is 91.9 Å². The van der Waals surface area contributed by atoms with Gasteiger partial charge >= 0.3 is 5.97 Å². The Morgan fingerprint density at radius 2 is 2.19 bits per heavy atom. The number of nitrogens with two attached hydrogens (primary N) is 1. The van der Waals surface area contributed by atoms with Crippen LogP contribution >= 0.6 is 0 Å². The number of carboxylic acid groups (broad SMARTS) is 1. The van der Waals surface area contributed by atoms with E-state index in [1.807, 2.05) is 0 Å². The van der Waals surface area contributed by atoms with Crippen LogP contribution in [0.3, 0.4) is 0 Å². The van der Waals surface area contributed by atoms with E-state index < -0.39 is 18.7 Å². The molecule has 1 rings (SSSR count). The number of anilines is 1. The number of nitrogen functional groups attached to an aromatic ring is 1. The molecule has 1 atom stereocenters. The molecule has 1 unspecified atom stereocenters. The number of carboxylic acids is 1. The van der Waals surface area contributed by atoms with E-state index in [0.29, 0.717) is 5.69 Å². The summed E-state index contributed by atoms with van der Waals surface area (Å²) in [5.41, 5.74) is 5.67. The van der Waals surface area contributed by atoms with Gasteiger partial charge in [0.05, 0.1) is 6.61 Å². The summed E-state index contributed by atoms with van der Waals surface area (Å²) in [7, 11) is 0. The molecule has 0 fully saturated rings. The van der Waals surface area contributed by atoms with Crippen LogP contribution in [0.4, 0.5) is 5.69 Å². The average molecular weight is 227 g/mol. The van der Waals surface area contributed by atoms with Crippen molar-refractivity contribution in [1.29, 1.82) is 0 Å². The van der Waals surface area contributed by atoms with Crippen molar-refractivity contribution in [3.63, 3.8) is 0 Å². The Morgan fingerprint density at radius 3 is 2.75 bits per heavy atom. The highest BCUT2D eigenvalue weighted by Gasteiger charge is 2.13. The Balaban J connectivity index is 2.82. The maximum Gasteiger partial charge on any atom is 0.339 e. The lowest BCUT2D eigenvalue weighted by molar-refractivity contribution is 0.0519. The Hall–Kier alpha value is -1.79. The molecule has 6 heteroatoms. The number of benzene rings is 1. The summed E-state index contributed by atoms with van der Waals surface area (Å²) in [5.74, 6) is -1.06. The van der Waals surface area contributed by atoms with Crippen LogP contribution in [0.15, 0.2) is 18.2 Å². The van der Waals surface area contributed by atoms with E-state index in [0.717, 1.165) is 0 Å². The number of aliphatic hydroxyl groups excluding tert-OH is 2. The van der Waals surface area contributed by atoms with Crippen LogP contribution in [0.2, 0.25) is 0 Å². The van der Waals surface area contributed by atoms with Gasteiger partial charge < -0.3 is 25.8 Å². The third-order valence-corrected chi connectivity index (χ3v) is 1.88. The van der Waals surface area contributed by atoms with E-state index in [-0.39, 0.29) is 17.9 Å². The third-order valence-electron chi connectivity index (χ3n) is 1.88. The number of ether oxygens (including phenoxy) is 1. The first-order valence-corrected chi connectivity index (χ1v) is 4.59. The molecule has 6 nitrogen and oxygen atoms in total. The average Bonchev–Trinajstić information content (AvgIpc) is 2.26. The van der Waals surface area contributed by atoms with E-state index >= 15 is 0 Å². The summed E-state index contributed by atoms with van der Waals surface area (Å²) in [5, 5.41) is 26.5. The van der Waals surface area contributed by atoms with Gasteiger partial charge in [0, 0.05) is 5.69 Å². The fraction of sp³-hybridized carbons (Fsp3) is 0.300. The summed E-state index contributed by atoms with van der Waals surface area (Å²) in [6.07, 6.45) is -1.04. The third kappa shape index (κ3) is 3.11. The van der Waals surface area contributed by atoms with Crippen LogP contribution in [-0.4, -0.2) is 40.6 Å². The Bertz CT molecular complexity index is 379. The maximum atomic E-state index is 10.8. The first-order valence-electron chi connectivity index (χ1n) is 4.59. The summed E-state index contributed by atoms with van der Waals surface area (Å²) in [6, 6.07) is 4.17. The number of hydrogen-bond donors (Lipinski definition) is 4. The number of hydrogen-bond acceptors (Lipinski definition) is 5. The maximum absolute atomic E-state index is 10.8. The molecule has 0 aliphatic carbocycles. The second-order valence-corrected chi connectivity index (χ2v) is 3.21. The Morgan fingerprint density at radius 1 is 1.50 bits per heavy atom. The number of aliphatic hydroxyl groups is 2. The lowest BCUT2D eigenvalue weighted by atomic mass is 10.2. The molecule has 1 aromatic rings. The van der Waals surface area contributed by atoms with Gasteiger partial charge in [0.1, 0.15) is 24.0 Å². The highest BCUT2D eigenvalue weighted by atomic mass is 16.5. The second kappa shape index (κ2) is 5.34. The molecular formula is C10H13NO5. The molecule has 88 valence electrons. The predicted octanol–water partition coefficient (Wildman–Crippen LogP) is -0.301. The van der Waals surface area contributed by atoms with Crippen molar-refractivity contribution in [2.75, 3.05) is 18.9 Å². The molecule has 0 saturated heterocycles. The molecule has 0 radical (unpaired) electrons. The van der Waals surface area contributed by atoms with Gasteiger partial charge in [-0.1, -0.05) is 0 Å². The van der Waals surface area contributed by atoms with Gasteiger partial charge in [0.15, 0.2) is 0 Å². The molecule has 0 aliphatic heterocycles. The quantitative estimate of drug-likeness (QED) is 0.513. The smallest absolute Gasteiger partial charge is 0.339 e. The SMILES string of the molecule is Nc1ccc(OCC(O)CO)c(C(=O)O)c1. The Kier molecular flexibility index (Phi) is 4.10. The van der Waals surface area contributed by atoms with E-state index in [4.69, 9.17) is 25.8 Å². The van der Waals surface area contributed by atoms with E-state index in [9.17, 15) is 4.79 Å². The van der Waals surface area contributed by atoms with E-state index in [1.165, 1.54) is 18.2 Å². The fourth-order valence-corrected chi connectivity index (χ4v) is 1.08. The lowest BCUT2D eigenvalue weighted by Gasteiger charge is -2.12. The summed E-state index contributed by atoms with van der Waals surface area (Å²) < 4.78 is 5.06. The molecule has 1 aromatic carbocycles. The van der Waals surface area contributed by atoms with Crippen LogP contribution in [0.5, 0.6) is 5.75 Å². The van der Waals surface area contributed by atoms with Crippen LogP contribution in [0, 0.1) is 0 Å². The molecule has 5 N–H and O–H groups in total. The van der Waals surface area contributed by atoms with Crippen LogP contribution < -0.4 is 10.5 Å². The summed E-state index contributed by atoms with van der Waals surface area (Å²) in [6.45, 7) is -0.627. The van der Waals surface area contributed by atoms with Crippen molar-refractivity contribution < 1.29 is 24.9 Å². The zero-order valence-corrected chi connectivity index (χ0v) is 8.46. The van der Waals surface area contributed by atoms with Crippen molar-refractivity contribution >= 4 is 11.7 Å².